The lowest BCUT2D eigenvalue weighted by atomic mass is 10.1. The number of rotatable bonds is 7. The van der Waals surface area contributed by atoms with E-state index in [4.69, 9.17) is 16.7 Å². The van der Waals surface area contributed by atoms with Gasteiger partial charge in [0.15, 0.2) is 0 Å². The van der Waals surface area contributed by atoms with Gasteiger partial charge in [-0.2, -0.15) is 0 Å². The van der Waals surface area contributed by atoms with Gasteiger partial charge in [-0.15, -0.1) is 12.4 Å². The Balaban J connectivity index is 0.00000169. The third-order valence-electron chi connectivity index (χ3n) is 4.50. The number of aryl methyl sites for hydroxylation is 2. The van der Waals surface area contributed by atoms with Gasteiger partial charge in [-0.3, -0.25) is 4.98 Å². The lowest BCUT2D eigenvalue weighted by Crippen LogP contribution is -2.01. The van der Waals surface area contributed by atoms with Crippen LogP contribution in [0.1, 0.15) is 31.2 Å². The lowest BCUT2D eigenvalue weighted by Gasteiger charge is -2.11. The van der Waals surface area contributed by atoms with E-state index in [9.17, 15) is 0 Å². The molecule has 0 aliphatic carbocycles. The molecule has 2 heterocycles. The maximum atomic E-state index is 8.92. The number of unbranched alkanes of at least 4 members (excludes halogenated alkanes) is 3. The minimum Gasteiger partial charge on any atom is -0.412 e. The molecule has 0 aliphatic heterocycles. The zero-order valence-corrected chi connectivity index (χ0v) is 16.5. The van der Waals surface area contributed by atoms with Crippen LogP contribution in [0.5, 0.6) is 0 Å². The highest BCUT2D eigenvalue weighted by molar-refractivity contribution is 6.31. The van der Waals surface area contributed by atoms with Gasteiger partial charge in [0.05, 0.1) is 5.69 Å². The van der Waals surface area contributed by atoms with Gasteiger partial charge in [0.1, 0.15) is 0 Å². The highest BCUT2D eigenvalue weighted by Gasteiger charge is 2.16. The molecule has 142 valence electrons. The van der Waals surface area contributed by atoms with Crippen LogP contribution in [0.4, 0.5) is 0 Å². The molecule has 0 atom stereocenters. The smallest absolute Gasteiger partial charge is 0.0536 e. The quantitative estimate of drug-likeness (QED) is 0.581. The molecule has 0 fully saturated rings. The molecular weight excluding hydrogens is 371 g/mol. The predicted molar refractivity (Wildman–Crippen MR) is 111 cm³/mol. The third kappa shape index (κ3) is 4.77. The van der Waals surface area contributed by atoms with Gasteiger partial charge in [-0.25, -0.2) is 0 Å². The van der Waals surface area contributed by atoms with Crippen LogP contribution < -0.4 is 0 Å². The maximum absolute atomic E-state index is 8.92. The summed E-state index contributed by atoms with van der Waals surface area (Å²) in [5.74, 6) is 0. The molecule has 6 heteroatoms. The number of pyridine rings is 1. The molecule has 3 aromatic rings. The molecule has 0 saturated carbocycles. The van der Waals surface area contributed by atoms with Gasteiger partial charge in [0.2, 0.25) is 0 Å². The number of aliphatic hydroxyl groups is 1. The van der Waals surface area contributed by atoms with Crippen molar-refractivity contribution in [2.75, 3.05) is 6.61 Å². The van der Waals surface area contributed by atoms with E-state index in [0.717, 1.165) is 42.8 Å². The summed E-state index contributed by atoms with van der Waals surface area (Å²) < 4.78 is 2.39. The maximum Gasteiger partial charge on any atom is 0.0536 e. The fourth-order valence-corrected chi connectivity index (χ4v) is 3.51. The van der Waals surface area contributed by atoms with Gasteiger partial charge in [-0.1, -0.05) is 24.4 Å². The standard InChI is InChI=1S/C20H23ClN2O.ClH.H2O/c1-15-18-13-17(21)8-9-19(18)23(11-4-2-3-5-12-24)20(15)16-7-6-10-22-14-16;;/h6-10,13-14,24H,2-5,11-12H2,1H3;1H;1H2. The van der Waals surface area contributed by atoms with Crippen LogP contribution in [0.15, 0.2) is 42.7 Å². The number of nitrogens with zero attached hydrogens (tertiary/aromatic N) is 2. The average molecular weight is 397 g/mol. The van der Waals surface area contributed by atoms with Crippen LogP contribution in [0, 0.1) is 6.92 Å². The zero-order chi connectivity index (χ0) is 16.9. The van der Waals surface area contributed by atoms with Gasteiger partial charge in [-0.05, 0) is 55.7 Å². The molecule has 1 aromatic carbocycles. The average Bonchev–Trinajstić information content (AvgIpc) is 2.87. The normalized spacial score (nSPS) is 10.4. The van der Waals surface area contributed by atoms with Crippen molar-refractivity contribution in [3.8, 4) is 11.3 Å². The number of halogens is 2. The molecule has 26 heavy (non-hydrogen) atoms. The van der Waals surface area contributed by atoms with Crippen LogP contribution in [-0.4, -0.2) is 26.7 Å². The number of benzene rings is 1. The number of hydrogen-bond acceptors (Lipinski definition) is 2. The molecule has 0 bridgehead atoms. The van der Waals surface area contributed by atoms with Crippen LogP contribution in [0.2, 0.25) is 5.02 Å². The largest absolute Gasteiger partial charge is 0.412 e. The highest BCUT2D eigenvalue weighted by atomic mass is 35.5. The molecule has 0 spiro atoms. The SMILES string of the molecule is Cc1c(-c2cccnc2)n(CCCCCCO)c2ccc(Cl)cc12.Cl.O. The summed E-state index contributed by atoms with van der Waals surface area (Å²) in [6.45, 7) is 3.40. The number of aliphatic hydroxyl groups excluding tert-OH is 1. The lowest BCUT2D eigenvalue weighted by molar-refractivity contribution is 0.282. The highest BCUT2D eigenvalue weighted by Crippen LogP contribution is 2.34. The van der Waals surface area contributed by atoms with E-state index in [1.807, 2.05) is 24.4 Å². The first-order valence-electron chi connectivity index (χ1n) is 8.52. The summed E-state index contributed by atoms with van der Waals surface area (Å²) >= 11 is 6.21. The zero-order valence-electron chi connectivity index (χ0n) is 14.9. The van der Waals surface area contributed by atoms with Gasteiger partial charge in [0, 0.05) is 47.0 Å². The van der Waals surface area contributed by atoms with Crippen LogP contribution in [-0.2, 0) is 6.54 Å². The molecule has 3 N–H and O–H groups in total. The van der Waals surface area contributed by atoms with Crippen LogP contribution in [0.3, 0.4) is 0 Å². The Kier molecular flexibility index (Phi) is 9.09. The third-order valence-corrected chi connectivity index (χ3v) is 4.74. The van der Waals surface area contributed by atoms with Crippen molar-refractivity contribution in [3.63, 3.8) is 0 Å². The van der Waals surface area contributed by atoms with E-state index < -0.39 is 0 Å². The number of aromatic nitrogens is 2. The van der Waals surface area contributed by atoms with Crippen LogP contribution in [0.25, 0.3) is 22.2 Å². The molecule has 0 radical (unpaired) electrons. The van der Waals surface area contributed by atoms with Gasteiger partial charge >= 0.3 is 0 Å². The Labute approximate surface area is 165 Å². The molecule has 4 nitrogen and oxygen atoms in total. The van der Waals surface area contributed by atoms with E-state index in [1.54, 1.807) is 6.20 Å². The number of hydrogen-bond donors (Lipinski definition) is 1. The van der Waals surface area contributed by atoms with E-state index in [0.29, 0.717) is 0 Å². The van der Waals surface area contributed by atoms with Crippen molar-refractivity contribution in [3.05, 3.63) is 53.3 Å². The summed E-state index contributed by atoms with van der Waals surface area (Å²) in [5.41, 5.74) is 4.83. The van der Waals surface area contributed by atoms with Gasteiger partial charge in [0.25, 0.3) is 0 Å². The molecular formula is C20H26Cl2N2O2. The van der Waals surface area contributed by atoms with Crippen molar-refractivity contribution in [1.82, 2.24) is 9.55 Å². The van der Waals surface area contributed by atoms with Gasteiger partial charge < -0.3 is 15.1 Å². The fraction of sp³-hybridized carbons (Fsp3) is 0.350. The monoisotopic (exact) mass is 396 g/mol. The summed E-state index contributed by atoms with van der Waals surface area (Å²) in [7, 11) is 0. The minimum absolute atomic E-state index is 0. The van der Waals surface area contributed by atoms with Crippen molar-refractivity contribution in [1.29, 1.82) is 0 Å². The Bertz CT molecular complexity index is 820. The van der Waals surface area contributed by atoms with Crippen LogP contribution >= 0.6 is 24.0 Å². The van der Waals surface area contributed by atoms with Crippen molar-refractivity contribution >= 4 is 34.9 Å². The minimum atomic E-state index is 0. The van der Waals surface area contributed by atoms with Crippen molar-refractivity contribution < 1.29 is 10.6 Å². The second-order valence-electron chi connectivity index (χ2n) is 6.17. The molecule has 2 aromatic heterocycles. The predicted octanol–water partition coefficient (Wildman–Crippen LogP) is 4.81. The summed E-state index contributed by atoms with van der Waals surface area (Å²) in [6, 6.07) is 10.2. The first kappa shape index (κ1) is 22.5. The van der Waals surface area contributed by atoms with E-state index in [-0.39, 0.29) is 24.5 Å². The van der Waals surface area contributed by atoms with E-state index in [2.05, 4.69) is 28.6 Å². The fourth-order valence-electron chi connectivity index (χ4n) is 3.34. The van der Waals surface area contributed by atoms with Crippen molar-refractivity contribution in [2.45, 2.75) is 39.2 Å². The second-order valence-corrected chi connectivity index (χ2v) is 6.60. The summed E-state index contributed by atoms with van der Waals surface area (Å²) in [6.07, 6.45) is 7.90. The molecule has 0 saturated heterocycles. The Hall–Kier alpha value is -1.59. The Morgan fingerprint density at radius 2 is 1.88 bits per heavy atom. The molecule has 0 aliphatic rings. The summed E-state index contributed by atoms with van der Waals surface area (Å²) in [4.78, 5) is 4.28. The first-order chi connectivity index (χ1) is 11.7. The van der Waals surface area contributed by atoms with Crippen molar-refractivity contribution in [2.24, 2.45) is 0 Å². The van der Waals surface area contributed by atoms with E-state index in [1.165, 1.54) is 22.2 Å². The molecule has 0 unspecified atom stereocenters. The van der Waals surface area contributed by atoms with E-state index >= 15 is 0 Å². The first-order valence-corrected chi connectivity index (χ1v) is 8.90. The molecule has 0 amide bonds. The number of fused-ring (bicyclic) bond motifs is 1. The summed E-state index contributed by atoms with van der Waals surface area (Å²) in [5, 5.41) is 10.9. The Morgan fingerprint density at radius 1 is 1.12 bits per heavy atom. The molecule has 3 rings (SSSR count). The second kappa shape index (κ2) is 10.5. The Morgan fingerprint density at radius 3 is 2.58 bits per heavy atom. The topological polar surface area (TPSA) is 69.5 Å².